The molecule has 1 aliphatic heterocycles. The Kier molecular flexibility index (Phi) is 8.40. The van der Waals surface area contributed by atoms with Gasteiger partial charge in [0.25, 0.3) is 11.5 Å². The van der Waals surface area contributed by atoms with E-state index in [0.717, 1.165) is 16.6 Å². The molecule has 1 fully saturated rings. The number of halogens is 1. The first-order valence-electron chi connectivity index (χ1n) is 13.8. The van der Waals surface area contributed by atoms with Gasteiger partial charge in [-0.2, -0.15) is 0 Å². The maximum Gasteiger partial charge on any atom is 0.332 e. The molecule has 41 heavy (non-hydrogen) atoms. The van der Waals surface area contributed by atoms with Gasteiger partial charge in [-0.1, -0.05) is 67.9 Å². The zero-order valence-corrected chi connectivity index (χ0v) is 23.9. The summed E-state index contributed by atoms with van der Waals surface area (Å²) in [5.74, 6) is 0.396. The van der Waals surface area contributed by atoms with E-state index in [0.29, 0.717) is 58.5 Å². The van der Waals surface area contributed by atoms with Crippen LogP contribution in [0.4, 0.5) is 0 Å². The van der Waals surface area contributed by atoms with Crippen molar-refractivity contribution >= 4 is 34.3 Å². The lowest BCUT2D eigenvalue weighted by molar-refractivity contribution is -0.134. The summed E-state index contributed by atoms with van der Waals surface area (Å²) in [6.45, 7) is 5.75. The number of benzene rings is 3. The minimum absolute atomic E-state index is 0.00992. The Labute approximate surface area is 243 Å². The third-order valence-corrected chi connectivity index (χ3v) is 7.97. The Hall–Kier alpha value is -4.17. The molecule has 9 heteroatoms. The first-order valence-corrected chi connectivity index (χ1v) is 14.2. The Morgan fingerprint density at radius 3 is 2.24 bits per heavy atom. The van der Waals surface area contributed by atoms with Crippen LogP contribution >= 0.6 is 11.6 Å². The zero-order chi connectivity index (χ0) is 29.1. The molecule has 2 amide bonds. The van der Waals surface area contributed by atoms with Gasteiger partial charge < -0.3 is 10.2 Å². The average molecular weight is 573 g/mol. The summed E-state index contributed by atoms with van der Waals surface area (Å²) >= 11 is 6.18. The lowest BCUT2D eigenvalue weighted by Gasteiger charge is -2.35. The molecule has 0 spiro atoms. The second kappa shape index (κ2) is 12.1. The topological polar surface area (TPSA) is 93.4 Å². The van der Waals surface area contributed by atoms with E-state index in [4.69, 9.17) is 11.6 Å². The molecule has 2 atom stereocenters. The van der Waals surface area contributed by atoms with Crippen LogP contribution in [0.2, 0.25) is 5.02 Å². The standard InChI is InChI=1S/C32H33ClN4O4/c1-21-15-22(2)18-35(17-21)29(38)20-36-28-10-6-4-8-26(28)31(40)37(32(36)41)19-23-11-13-24(14-12-23)30(39)34-16-25-7-3-5-9-27(25)33/h3-14,21-22H,15-20H2,1-2H3,(H,34,39). The molecule has 3 aromatic carbocycles. The number of piperidine rings is 1. The van der Waals surface area contributed by atoms with E-state index in [2.05, 4.69) is 19.2 Å². The number of nitrogens with one attached hydrogen (secondary N) is 1. The van der Waals surface area contributed by atoms with Crippen LogP contribution in [0.25, 0.3) is 10.9 Å². The highest BCUT2D eigenvalue weighted by atomic mass is 35.5. The third kappa shape index (κ3) is 6.28. The summed E-state index contributed by atoms with van der Waals surface area (Å²) in [6, 6.07) is 20.9. The van der Waals surface area contributed by atoms with Crippen LogP contribution in [0.1, 0.15) is 41.8 Å². The quantitative estimate of drug-likeness (QED) is 0.357. The largest absolute Gasteiger partial charge is 0.348 e. The number of nitrogens with zero attached hydrogens (tertiary/aromatic N) is 3. The SMILES string of the molecule is CC1CC(C)CN(C(=O)Cn2c(=O)n(Cc3ccc(C(=O)NCc4ccccc4Cl)cc3)c(=O)c3ccccc32)C1. The molecule has 0 aliphatic carbocycles. The Balaban J connectivity index is 1.38. The molecule has 2 heterocycles. The van der Waals surface area contributed by atoms with Crippen LogP contribution in [-0.2, 0) is 24.4 Å². The molecule has 0 bridgehead atoms. The fourth-order valence-electron chi connectivity index (χ4n) is 5.63. The second-order valence-electron chi connectivity index (χ2n) is 11.0. The number of hydrogen-bond donors (Lipinski definition) is 1. The summed E-state index contributed by atoms with van der Waals surface area (Å²) < 4.78 is 2.56. The van der Waals surface area contributed by atoms with Gasteiger partial charge in [-0.05, 0) is 59.7 Å². The lowest BCUT2D eigenvalue weighted by atomic mass is 9.92. The van der Waals surface area contributed by atoms with Gasteiger partial charge in [0.05, 0.1) is 17.4 Å². The summed E-state index contributed by atoms with van der Waals surface area (Å²) in [5, 5.41) is 3.80. The van der Waals surface area contributed by atoms with E-state index in [1.54, 1.807) is 54.6 Å². The monoisotopic (exact) mass is 572 g/mol. The van der Waals surface area contributed by atoms with E-state index in [1.807, 2.05) is 23.1 Å². The number of fused-ring (bicyclic) bond motifs is 1. The van der Waals surface area contributed by atoms with Gasteiger partial charge in [-0.3, -0.25) is 23.5 Å². The normalized spacial score (nSPS) is 17.0. The van der Waals surface area contributed by atoms with E-state index >= 15 is 0 Å². The summed E-state index contributed by atoms with van der Waals surface area (Å²) in [7, 11) is 0. The minimum atomic E-state index is -0.540. The fraction of sp³-hybridized carbons (Fsp3) is 0.312. The number of likely N-dealkylation sites (tertiary alicyclic amines) is 1. The predicted molar refractivity (Wildman–Crippen MR) is 160 cm³/mol. The minimum Gasteiger partial charge on any atom is -0.348 e. The van der Waals surface area contributed by atoms with Gasteiger partial charge in [-0.25, -0.2) is 4.79 Å². The van der Waals surface area contributed by atoms with Crippen LogP contribution in [0.3, 0.4) is 0 Å². The third-order valence-electron chi connectivity index (χ3n) is 7.60. The fourth-order valence-corrected chi connectivity index (χ4v) is 5.83. The molecule has 212 valence electrons. The predicted octanol–water partition coefficient (Wildman–Crippen LogP) is 4.30. The first-order chi connectivity index (χ1) is 19.7. The van der Waals surface area contributed by atoms with Crippen molar-refractivity contribution in [2.24, 2.45) is 11.8 Å². The van der Waals surface area contributed by atoms with Crippen molar-refractivity contribution in [3.8, 4) is 0 Å². The van der Waals surface area contributed by atoms with Gasteiger partial charge in [0.2, 0.25) is 5.91 Å². The van der Waals surface area contributed by atoms with Crippen molar-refractivity contribution in [3.63, 3.8) is 0 Å². The van der Waals surface area contributed by atoms with Crippen molar-refractivity contribution in [2.45, 2.75) is 39.9 Å². The maximum absolute atomic E-state index is 13.7. The molecular formula is C32H33ClN4O4. The molecule has 2 unspecified atom stereocenters. The summed E-state index contributed by atoms with van der Waals surface area (Å²) in [4.78, 5) is 54.8. The highest BCUT2D eigenvalue weighted by Gasteiger charge is 2.26. The van der Waals surface area contributed by atoms with Crippen LogP contribution in [0.5, 0.6) is 0 Å². The van der Waals surface area contributed by atoms with Crippen LogP contribution < -0.4 is 16.6 Å². The molecular weight excluding hydrogens is 540 g/mol. The van der Waals surface area contributed by atoms with E-state index in [1.165, 1.54) is 4.57 Å². The van der Waals surface area contributed by atoms with Gasteiger partial charge in [0.1, 0.15) is 6.54 Å². The summed E-state index contributed by atoms with van der Waals surface area (Å²) in [6.07, 6.45) is 1.07. The molecule has 8 nitrogen and oxygen atoms in total. The van der Waals surface area contributed by atoms with E-state index < -0.39 is 11.2 Å². The zero-order valence-electron chi connectivity index (χ0n) is 23.2. The maximum atomic E-state index is 13.7. The number of rotatable bonds is 7. The number of para-hydroxylation sites is 1. The number of hydrogen-bond acceptors (Lipinski definition) is 4. The highest BCUT2D eigenvalue weighted by molar-refractivity contribution is 6.31. The van der Waals surface area contributed by atoms with Gasteiger partial charge in [0, 0.05) is 30.2 Å². The van der Waals surface area contributed by atoms with E-state index in [-0.39, 0.29) is 24.9 Å². The lowest BCUT2D eigenvalue weighted by Crippen LogP contribution is -2.47. The Bertz CT molecular complexity index is 1700. The average Bonchev–Trinajstić information content (AvgIpc) is 2.96. The van der Waals surface area contributed by atoms with Gasteiger partial charge in [0.15, 0.2) is 0 Å². The smallest absolute Gasteiger partial charge is 0.332 e. The van der Waals surface area contributed by atoms with Crippen LogP contribution in [-0.4, -0.2) is 38.9 Å². The van der Waals surface area contributed by atoms with Crippen LogP contribution in [0.15, 0.2) is 82.4 Å². The molecule has 1 aromatic heterocycles. The number of carbonyl (C=O) groups excluding carboxylic acids is 2. The van der Waals surface area contributed by atoms with E-state index in [9.17, 15) is 19.2 Å². The van der Waals surface area contributed by atoms with Crippen molar-refractivity contribution in [1.82, 2.24) is 19.4 Å². The first kappa shape index (κ1) is 28.4. The highest BCUT2D eigenvalue weighted by Crippen LogP contribution is 2.21. The molecule has 4 aromatic rings. The molecule has 0 saturated carbocycles. The Morgan fingerprint density at radius 1 is 0.878 bits per heavy atom. The van der Waals surface area contributed by atoms with Gasteiger partial charge >= 0.3 is 5.69 Å². The number of aromatic nitrogens is 2. The molecule has 1 N–H and O–H groups in total. The van der Waals surface area contributed by atoms with Crippen molar-refractivity contribution in [2.75, 3.05) is 13.1 Å². The van der Waals surface area contributed by atoms with Crippen molar-refractivity contribution < 1.29 is 9.59 Å². The van der Waals surface area contributed by atoms with Crippen molar-refractivity contribution in [1.29, 1.82) is 0 Å². The second-order valence-corrected chi connectivity index (χ2v) is 11.4. The van der Waals surface area contributed by atoms with Crippen molar-refractivity contribution in [3.05, 3.63) is 115 Å². The van der Waals surface area contributed by atoms with Gasteiger partial charge in [-0.15, -0.1) is 0 Å². The summed E-state index contributed by atoms with van der Waals surface area (Å²) in [5.41, 5.74) is 1.42. The number of amides is 2. The molecule has 0 radical (unpaired) electrons. The van der Waals surface area contributed by atoms with Crippen LogP contribution in [0, 0.1) is 11.8 Å². The molecule has 1 aliphatic rings. The molecule has 5 rings (SSSR count). The molecule has 1 saturated heterocycles. The Morgan fingerprint density at radius 2 is 1.54 bits per heavy atom. The number of carbonyl (C=O) groups is 2.